The second-order valence-electron chi connectivity index (χ2n) is 5.33. The summed E-state index contributed by atoms with van der Waals surface area (Å²) in [7, 11) is 0. The number of nitrogens with zero attached hydrogens (tertiary/aromatic N) is 1. The van der Waals surface area contributed by atoms with Gasteiger partial charge in [-0.3, -0.25) is 19.9 Å². The second kappa shape index (κ2) is 6.96. The molecule has 0 saturated carbocycles. The summed E-state index contributed by atoms with van der Waals surface area (Å²) < 4.78 is 5.54. The number of aromatic carboxylic acids is 1. The number of H-pyrrole nitrogens is 2. The van der Waals surface area contributed by atoms with Crippen LogP contribution in [0.4, 0.5) is 5.69 Å². The first-order valence-electron chi connectivity index (χ1n) is 7.46. The van der Waals surface area contributed by atoms with Gasteiger partial charge in [-0.2, -0.15) is 0 Å². The molecule has 2 aromatic heterocycles. The van der Waals surface area contributed by atoms with E-state index < -0.39 is 27.8 Å². The molecule has 3 aromatic rings. The molecule has 0 radical (unpaired) electrons. The largest absolute Gasteiger partial charge is 0.545 e. The number of nitrogens with one attached hydrogen (secondary N) is 2. The maximum absolute atomic E-state index is 11.6. The molecule has 10 heteroatoms. The Bertz CT molecular complexity index is 1180. The molecule has 0 saturated heterocycles. The van der Waals surface area contributed by atoms with Crippen molar-refractivity contribution in [1.82, 2.24) is 9.97 Å². The predicted molar refractivity (Wildman–Crippen MR) is 91.7 cm³/mol. The molecule has 0 amide bonds. The third-order valence-corrected chi connectivity index (χ3v) is 3.55. The first-order chi connectivity index (χ1) is 12.8. The average Bonchev–Trinajstić information content (AvgIpc) is 3.08. The van der Waals surface area contributed by atoms with Gasteiger partial charge in [-0.15, -0.1) is 0 Å². The second-order valence-corrected chi connectivity index (χ2v) is 5.33. The van der Waals surface area contributed by atoms with E-state index in [1.807, 2.05) is 0 Å². The van der Waals surface area contributed by atoms with Crippen molar-refractivity contribution in [2.24, 2.45) is 0 Å². The van der Waals surface area contributed by atoms with Crippen molar-refractivity contribution in [2.75, 3.05) is 0 Å². The molecule has 136 valence electrons. The highest BCUT2D eigenvalue weighted by molar-refractivity contribution is 5.87. The fourth-order valence-electron chi connectivity index (χ4n) is 2.36. The number of benzene rings is 1. The highest BCUT2D eigenvalue weighted by atomic mass is 16.6. The van der Waals surface area contributed by atoms with Crippen LogP contribution >= 0.6 is 0 Å². The summed E-state index contributed by atoms with van der Waals surface area (Å²) in [5, 5.41) is 21.9. The predicted octanol–water partition coefficient (Wildman–Crippen LogP) is 0.765. The molecule has 0 aliphatic heterocycles. The lowest BCUT2D eigenvalue weighted by molar-refractivity contribution is -0.386. The Balaban J connectivity index is 1.94. The third-order valence-electron chi connectivity index (χ3n) is 3.55. The van der Waals surface area contributed by atoms with Gasteiger partial charge in [-0.05, 0) is 35.9 Å². The minimum Gasteiger partial charge on any atom is -0.545 e. The van der Waals surface area contributed by atoms with E-state index >= 15 is 0 Å². The lowest BCUT2D eigenvalue weighted by Crippen LogP contribution is -2.25. The van der Waals surface area contributed by atoms with Crippen LogP contribution in [0, 0.1) is 10.1 Å². The summed E-state index contributed by atoms with van der Waals surface area (Å²) in [4.78, 5) is 47.9. The van der Waals surface area contributed by atoms with Gasteiger partial charge < -0.3 is 19.3 Å². The smallest absolute Gasteiger partial charge is 0.357 e. The van der Waals surface area contributed by atoms with Crippen molar-refractivity contribution in [3.05, 3.63) is 84.4 Å². The number of rotatable bonds is 5. The first-order valence-corrected chi connectivity index (χ1v) is 7.46. The summed E-state index contributed by atoms with van der Waals surface area (Å²) in [5.74, 6) is -0.708. The average molecular weight is 368 g/mol. The molecule has 1 aromatic carbocycles. The van der Waals surface area contributed by atoms with Crippen LogP contribution < -0.4 is 16.4 Å². The van der Waals surface area contributed by atoms with Crippen molar-refractivity contribution in [3.63, 3.8) is 0 Å². The van der Waals surface area contributed by atoms with Crippen LogP contribution in [-0.4, -0.2) is 20.9 Å². The van der Waals surface area contributed by atoms with Crippen molar-refractivity contribution in [1.29, 1.82) is 0 Å². The Morgan fingerprint density at radius 3 is 2.59 bits per heavy atom. The molecule has 0 spiro atoms. The molecular weight excluding hydrogens is 358 g/mol. The SMILES string of the molecule is O=C([O-])c1cccc(-c2ccc(/C=C/c3[nH]c(=O)[nH]c(=O)c3[N+](=O)[O-])o2)c1. The summed E-state index contributed by atoms with van der Waals surface area (Å²) in [6, 6.07) is 9.03. The first kappa shape index (κ1) is 17.6. The van der Waals surface area contributed by atoms with E-state index in [1.165, 1.54) is 30.3 Å². The van der Waals surface area contributed by atoms with Gasteiger partial charge in [0.1, 0.15) is 17.2 Å². The van der Waals surface area contributed by atoms with Gasteiger partial charge in [0.2, 0.25) is 0 Å². The lowest BCUT2D eigenvalue weighted by atomic mass is 10.1. The van der Waals surface area contributed by atoms with E-state index in [1.54, 1.807) is 17.1 Å². The van der Waals surface area contributed by atoms with Crippen LogP contribution in [0.3, 0.4) is 0 Å². The Kier molecular flexibility index (Phi) is 4.54. The Hall–Kier alpha value is -4.21. The normalized spacial score (nSPS) is 11.0. The summed E-state index contributed by atoms with van der Waals surface area (Å²) >= 11 is 0. The number of carboxylic acids is 1. The van der Waals surface area contributed by atoms with Gasteiger partial charge >= 0.3 is 16.9 Å². The molecule has 2 heterocycles. The molecule has 0 fully saturated rings. The van der Waals surface area contributed by atoms with Crippen molar-refractivity contribution >= 4 is 23.8 Å². The summed E-state index contributed by atoms with van der Waals surface area (Å²) in [6.07, 6.45) is 2.48. The van der Waals surface area contributed by atoms with Gasteiger partial charge in [0, 0.05) is 5.56 Å². The molecule has 0 atom stereocenters. The maximum atomic E-state index is 11.6. The molecule has 0 unspecified atom stereocenters. The minimum atomic E-state index is -1.32. The van der Waals surface area contributed by atoms with E-state index in [9.17, 15) is 29.6 Å². The fraction of sp³-hybridized carbons (Fsp3) is 0. The van der Waals surface area contributed by atoms with Gasteiger partial charge in [-0.25, -0.2) is 4.79 Å². The zero-order valence-electron chi connectivity index (χ0n) is 13.4. The highest BCUT2D eigenvalue weighted by Crippen LogP contribution is 2.24. The van der Waals surface area contributed by atoms with Crippen LogP contribution in [0.2, 0.25) is 0 Å². The van der Waals surface area contributed by atoms with Crippen molar-refractivity contribution in [3.8, 4) is 11.3 Å². The van der Waals surface area contributed by atoms with E-state index in [0.717, 1.165) is 6.08 Å². The molecule has 0 aliphatic rings. The van der Waals surface area contributed by atoms with Crippen molar-refractivity contribution in [2.45, 2.75) is 0 Å². The number of hydrogen-bond donors (Lipinski definition) is 2. The molecule has 0 bridgehead atoms. The van der Waals surface area contributed by atoms with E-state index in [-0.39, 0.29) is 17.0 Å². The van der Waals surface area contributed by atoms with E-state index in [0.29, 0.717) is 11.3 Å². The van der Waals surface area contributed by atoms with E-state index in [4.69, 9.17) is 4.42 Å². The zero-order chi connectivity index (χ0) is 19.6. The number of carbonyl (C=O) groups excluding carboxylic acids is 1. The van der Waals surface area contributed by atoms with Gasteiger partial charge in [0.25, 0.3) is 0 Å². The van der Waals surface area contributed by atoms with Crippen LogP contribution in [-0.2, 0) is 0 Å². The number of carboxylic acid groups (broad SMARTS) is 1. The lowest BCUT2D eigenvalue weighted by Gasteiger charge is -2.03. The molecule has 3 rings (SSSR count). The maximum Gasteiger partial charge on any atom is 0.357 e. The van der Waals surface area contributed by atoms with Crippen LogP contribution in [0.15, 0.2) is 50.4 Å². The number of aromatic amines is 2. The van der Waals surface area contributed by atoms with Gasteiger partial charge in [-0.1, -0.05) is 18.2 Å². The van der Waals surface area contributed by atoms with Crippen LogP contribution in [0.1, 0.15) is 21.8 Å². The number of hydrogen-bond acceptors (Lipinski definition) is 7. The Morgan fingerprint density at radius 1 is 1.11 bits per heavy atom. The Labute approximate surface area is 149 Å². The van der Waals surface area contributed by atoms with Crippen molar-refractivity contribution < 1.29 is 19.2 Å². The topological polar surface area (TPSA) is 162 Å². The van der Waals surface area contributed by atoms with Crippen LogP contribution in [0.5, 0.6) is 0 Å². The molecule has 2 N–H and O–H groups in total. The molecule has 10 nitrogen and oxygen atoms in total. The number of furan rings is 1. The Morgan fingerprint density at radius 2 is 1.89 bits per heavy atom. The number of nitro groups is 1. The third kappa shape index (κ3) is 3.74. The van der Waals surface area contributed by atoms with Gasteiger partial charge in [0.15, 0.2) is 0 Å². The van der Waals surface area contributed by atoms with Crippen LogP contribution in [0.25, 0.3) is 23.5 Å². The van der Waals surface area contributed by atoms with Gasteiger partial charge in [0.05, 0.1) is 10.9 Å². The summed E-state index contributed by atoms with van der Waals surface area (Å²) in [6.45, 7) is 0. The minimum absolute atomic E-state index is 0.0160. The zero-order valence-corrected chi connectivity index (χ0v) is 13.4. The molecule has 0 aliphatic carbocycles. The number of aromatic nitrogens is 2. The number of carbonyl (C=O) groups is 1. The summed E-state index contributed by atoms with van der Waals surface area (Å²) in [5.41, 5.74) is -2.62. The van der Waals surface area contributed by atoms with E-state index in [2.05, 4.69) is 4.98 Å². The standard InChI is InChI=1S/C17H11N3O7/c21-15-14(20(25)26)12(18-17(24)19-15)6-4-11-5-7-13(27-11)9-2-1-3-10(8-9)16(22)23/h1-8H,(H,22,23)(H2,18,19,21,24)/p-1/b6-4+. The molecule has 27 heavy (non-hydrogen) atoms. The highest BCUT2D eigenvalue weighted by Gasteiger charge is 2.18. The monoisotopic (exact) mass is 368 g/mol. The fourth-order valence-corrected chi connectivity index (χ4v) is 2.36. The molecular formula is C17H10N3O7-. The quantitative estimate of drug-likeness (QED) is 0.496.